The van der Waals surface area contributed by atoms with Crippen LogP contribution in [0.2, 0.25) is 0 Å². The highest BCUT2D eigenvalue weighted by atomic mass is 16.5. The van der Waals surface area contributed by atoms with Crippen LogP contribution in [0.4, 0.5) is 5.69 Å². The lowest BCUT2D eigenvalue weighted by Crippen LogP contribution is -2.55. The van der Waals surface area contributed by atoms with Gasteiger partial charge in [-0.1, -0.05) is 25.5 Å². The lowest BCUT2D eigenvalue weighted by atomic mass is 10.0. The molecule has 10 nitrogen and oxygen atoms in total. The van der Waals surface area contributed by atoms with Crippen molar-refractivity contribution in [2.75, 3.05) is 64.8 Å². The summed E-state index contributed by atoms with van der Waals surface area (Å²) in [5.74, 6) is 0. The van der Waals surface area contributed by atoms with Gasteiger partial charge in [-0.3, -0.25) is 24.2 Å². The van der Waals surface area contributed by atoms with E-state index >= 15 is 0 Å². The Morgan fingerprint density at radius 2 is 1.76 bits per heavy atom. The molecule has 0 spiro atoms. The summed E-state index contributed by atoms with van der Waals surface area (Å²) in [6, 6.07) is 7.31. The highest BCUT2D eigenvalue weighted by Crippen LogP contribution is 2.25. The number of carbonyl (C=O) groups excluding carboxylic acids is 3. The van der Waals surface area contributed by atoms with Crippen molar-refractivity contribution in [2.45, 2.75) is 64.2 Å². The predicted molar refractivity (Wildman–Crippen MR) is 151 cm³/mol. The zero-order chi connectivity index (χ0) is 27.8. The molecule has 1 aromatic carbocycles. The van der Waals surface area contributed by atoms with Crippen molar-refractivity contribution >= 4 is 24.8 Å². The number of anilines is 1. The second-order valence-corrected chi connectivity index (χ2v) is 10.3. The minimum Gasteiger partial charge on any atom is -0.379 e. The lowest BCUT2D eigenvalue weighted by Gasteiger charge is -2.40. The molecule has 0 aromatic heterocycles. The molecule has 0 aliphatic carbocycles. The van der Waals surface area contributed by atoms with Crippen LogP contribution in [-0.2, 0) is 20.9 Å². The van der Waals surface area contributed by atoms with E-state index in [4.69, 9.17) is 20.1 Å². The minimum absolute atomic E-state index is 0.312. The van der Waals surface area contributed by atoms with Gasteiger partial charge in [0.25, 0.3) is 0 Å². The Balaban J connectivity index is 0.000000926. The van der Waals surface area contributed by atoms with Crippen LogP contribution in [-0.4, -0.2) is 111 Å². The lowest BCUT2D eigenvalue weighted by molar-refractivity contribution is -0.117. The van der Waals surface area contributed by atoms with Crippen LogP contribution in [0.5, 0.6) is 0 Å². The van der Waals surface area contributed by atoms with Gasteiger partial charge in [-0.05, 0) is 58.0 Å². The zero-order valence-corrected chi connectivity index (χ0v) is 23.4. The summed E-state index contributed by atoms with van der Waals surface area (Å²) in [6.07, 6.45) is 6.15. The first-order valence-corrected chi connectivity index (χ1v) is 13.9. The summed E-state index contributed by atoms with van der Waals surface area (Å²) in [7, 11) is 2.15. The number of ether oxygens (including phenoxy) is 1. The van der Waals surface area contributed by atoms with Crippen molar-refractivity contribution in [3.8, 4) is 0 Å². The van der Waals surface area contributed by atoms with E-state index in [9.17, 15) is 4.79 Å². The largest absolute Gasteiger partial charge is 0.379 e. The topological polar surface area (TPSA) is 120 Å². The van der Waals surface area contributed by atoms with E-state index in [1.165, 1.54) is 6.42 Å². The molecule has 214 valence electrons. The van der Waals surface area contributed by atoms with E-state index < -0.39 is 0 Å². The van der Waals surface area contributed by atoms with E-state index in [0.717, 1.165) is 101 Å². The van der Waals surface area contributed by atoms with Gasteiger partial charge in [0.2, 0.25) is 12.8 Å². The average molecular weight is 533 g/mol. The highest BCUT2D eigenvalue weighted by Gasteiger charge is 2.27. The van der Waals surface area contributed by atoms with Gasteiger partial charge in [0.1, 0.15) is 6.29 Å². The molecular formula is C28H48N6O4. The molecule has 10 heteroatoms. The number of nitrogens with zero attached hydrogens (tertiary/aromatic N) is 3. The molecular weight excluding hydrogens is 484 g/mol. The van der Waals surface area contributed by atoms with Gasteiger partial charge in [0.15, 0.2) is 0 Å². The highest BCUT2D eigenvalue weighted by molar-refractivity contribution is 5.81. The van der Waals surface area contributed by atoms with Gasteiger partial charge in [-0.2, -0.15) is 0 Å². The zero-order valence-electron chi connectivity index (χ0n) is 23.4. The first kappa shape index (κ1) is 31.8. The third-order valence-electron chi connectivity index (χ3n) is 7.39. The van der Waals surface area contributed by atoms with Crippen molar-refractivity contribution in [3.05, 3.63) is 29.3 Å². The van der Waals surface area contributed by atoms with Crippen LogP contribution < -0.4 is 16.4 Å². The standard InChI is InChI=1S/C26H45N5O2.C2H3NO2/c1-4-6-21(2)29(3)19-25-22(20-32)7-5-8-26(25)28-24-17-31(18-24)14-16-33-15-13-30-11-9-23(27)10-12-30;4-1-3-2-5/h5,7-8,20-21,23-24,28H,4,6,9-19,27H2,1-3H3;1-2H,(H,3,4,5). The van der Waals surface area contributed by atoms with E-state index in [-0.39, 0.29) is 0 Å². The van der Waals surface area contributed by atoms with E-state index in [0.29, 0.717) is 30.9 Å². The molecule has 2 saturated heterocycles. The molecule has 1 aromatic rings. The monoisotopic (exact) mass is 532 g/mol. The molecule has 2 fully saturated rings. The number of carbonyl (C=O) groups is 3. The Labute approximate surface area is 228 Å². The quantitative estimate of drug-likeness (QED) is 0.215. The molecule has 0 radical (unpaired) electrons. The first-order chi connectivity index (χ1) is 18.4. The van der Waals surface area contributed by atoms with Crippen LogP contribution in [0, 0.1) is 0 Å². The Bertz CT molecular complexity index is 822. The average Bonchev–Trinajstić information content (AvgIpc) is 2.89. The summed E-state index contributed by atoms with van der Waals surface area (Å²) in [5.41, 5.74) is 8.96. The van der Waals surface area contributed by atoms with Crippen molar-refractivity contribution < 1.29 is 19.1 Å². The van der Waals surface area contributed by atoms with Crippen LogP contribution in [0.25, 0.3) is 0 Å². The SMILES string of the molecule is CCCC(C)N(C)Cc1c(C=O)cccc1NC1CN(CCOCCN2CCC(N)CC2)C1.O=CNC=O. The fourth-order valence-electron chi connectivity index (χ4n) is 4.83. The number of benzene rings is 1. The van der Waals surface area contributed by atoms with Gasteiger partial charge in [0, 0.05) is 56.1 Å². The number of nitrogens with two attached hydrogens (primary N) is 1. The molecule has 1 atom stereocenters. The maximum atomic E-state index is 11.7. The normalized spacial score (nSPS) is 17.7. The molecule has 0 saturated carbocycles. The van der Waals surface area contributed by atoms with Crippen LogP contribution >= 0.6 is 0 Å². The Morgan fingerprint density at radius 3 is 2.34 bits per heavy atom. The summed E-state index contributed by atoms with van der Waals surface area (Å²) in [6.45, 7) is 13.1. The van der Waals surface area contributed by atoms with Gasteiger partial charge < -0.3 is 26.0 Å². The number of likely N-dealkylation sites (tertiary alicyclic amines) is 2. The van der Waals surface area contributed by atoms with Crippen molar-refractivity contribution in [3.63, 3.8) is 0 Å². The predicted octanol–water partition coefficient (Wildman–Crippen LogP) is 1.54. The number of aldehydes is 1. The van der Waals surface area contributed by atoms with Gasteiger partial charge in [-0.25, -0.2) is 0 Å². The maximum absolute atomic E-state index is 11.7. The summed E-state index contributed by atoms with van der Waals surface area (Å²) < 4.78 is 5.88. The molecule has 2 amide bonds. The molecule has 2 aliphatic heterocycles. The maximum Gasteiger partial charge on any atom is 0.213 e. The number of nitrogens with one attached hydrogen (secondary N) is 2. The number of amides is 2. The molecule has 4 N–H and O–H groups in total. The Kier molecular flexibility index (Phi) is 15.1. The second kappa shape index (κ2) is 18.0. The summed E-state index contributed by atoms with van der Waals surface area (Å²) in [5, 5.41) is 5.44. The molecule has 2 aliphatic rings. The first-order valence-electron chi connectivity index (χ1n) is 13.9. The number of piperidine rings is 1. The Morgan fingerprint density at radius 1 is 1.11 bits per heavy atom. The van der Waals surface area contributed by atoms with Crippen molar-refractivity contribution in [2.24, 2.45) is 5.73 Å². The number of rotatable bonds is 16. The van der Waals surface area contributed by atoms with Crippen LogP contribution in [0.1, 0.15) is 55.5 Å². The summed E-state index contributed by atoms with van der Waals surface area (Å²) >= 11 is 0. The third kappa shape index (κ3) is 11.2. The number of hydrogen-bond donors (Lipinski definition) is 3. The molecule has 1 unspecified atom stereocenters. The third-order valence-corrected chi connectivity index (χ3v) is 7.39. The minimum atomic E-state index is 0.312. The van der Waals surface area contributed by atoms with E-state index in [1.807, 2.05) is 12.1 Å². The fourth-order valence-corrected chi connectivity index (χ4v) is 4.83. The number of imide groups is 1. The van der Waals surface area contributed by atoms with Crippen LogP contribution in [0.15, 0.2) is 18.2 Å². The van der Waals surface area contributed by atoms with E-state index in [2.05, 4.69) is 47.0 Å². The molecule has 2 heterocycles. The molecule has 0 bridgehead atoms. The number of hydrogen-bond acceptors (Lipinski definition) is 9. The van der Waals surface area contributed by atoms with E-state index in [1.54, 1.807) is 5.32 Å². The van der Waals surface area contributed by atoms with Gasteiger partial charge >= 0.3 is 0 Å². The second-order valence-electron chi connectivity index (χ2n) is 10.3. The Hall–Kier alpha value is -2.37. The summed E-state index contributed by atoms with van der Waals surface area (Å²) in [4.78, 5) is 37.0. The van der Waals surface area contributed by atoms with Gasteiger partial charge in [-0.15, -0.1) is 0 Å². The molecule has 3 rings (SSSR count). The van der Waals surface area contributed by atoms with Gasteiger partial charge in [0.05, 0.1) is 19.3 Å². The van der Waals surface area contributed by atoms with Crippen molar-refractivity contribution in [1.29, 1.82) is 0 Å². The van der Waals surface area contributed by atoms with Crippen LogP contribution in [0.3, 0.4) is 0 Å². The fraction of sp³-hybridized carbons (Fsp3) is 0.679. The molecule has 38 heavy (non-hydrogen) atoms. The van der Waals surface area contributed by atoms with Crippen molar-refractivity contribution in [1.82, 2.24) is 20.0 Å². The smallest absolute Gasteiger partial charge is 0.213 e.